The first-order valence-electron chi connectivity index (χ1n) is 9.23. The van der Waals surface area contributed by atoms with Crippen molar-refractivity contribution >= 4 is 11.3 Å². The van der Waals surface area contributed by atoms with E-state index < -0.39 is 11.1 Å². The summed E-state index contributed by atoms with van der Waals surface area (Å²) in [5.41, 5.74) is 8.56. The monoisotopic (exact) mass is 352 g/mol. The Hall–Kier alpha value is -1.91. The Labute approximate surface area is 157 Å². The Bertz CT molecular complexity index is 904. The Kier molecular flexibility index (Phi) is 4.21. The van der Waals surface area contributed by atoms with Crippen molar-refractivity contribution in [2.24, 2.45) is 4.99 Å². The number of allylic oxidation sites excluding steroid dienone is 2. The van der Waals surface area contributed by atoms with Crippen molar-refractivity contribution in [1.82, 2.24) is 10.0 Å². The lowest BCUT2D eigenvalue weighted by Gasteiger charge is -2.48. The molecule has 0 spiro atoms. The average Bonchev–Trinajstić information content (AvgIpc) is 3.06. The summed E-state index contributed by atoms with van der Waals surface area (Å²) in [5.74, 6) is 0. The molecular weight excluding hydrogens is 322 g/mol. The molecule has 0 amide bonds. The van der Waals surface area contributed by atoms with Gasteiger partial charge in [0, 0.05) is 28.1 Å². The summed E-state index contributed by atoms with van der Waals surface area (Å²) in [6.45, 7) is 18.4. The number of hydrogen-bond acceptors (Lipinski definition) is 3. The molecule has 0 saturated carbocycles. The summed E-state index contributed by atoms with van der Waals surface area (Å²) in [5, 5.41) is 14.4. The first kappa shape index (κ1) is 18.9. The number of H-pyrrole nitrogens is 1. The summed E-state index contributed by atoms with van der Waals surface area (Å²) in [6.07, 6.45) is 2.11. The molecule has 4 nitrogen and oxygen atoms in total. The molecule has 3 rings (SSSR count). The lowest BCUT2D eigenvalue weighted by atomic mass is 9.82. The van der Waals surface area contributed by atoms with Crippen LogP contribution in [0, 0.1) is 19.1 Å². The molecule has 0 unspecified atom stereocenters. The van der Waals surface area contributed by atoms with Gasteiger partial charge < -0.3 is 15.3 Å². The van der Waals surface area contributed by atoms with Gasteiger partial charge in [0.25, 0.3) is 0 Å². The molecule has 0 saturated heterocycles. The smallest absolute Gasteiger partial charge is 0.0759 e. The van der Waals surface area contributed by atoms with E-state index in [1.807, 2.05) is 34.6 Å². The first-order chi connectivity index (χ1) is 11.9. The van der Waals surface area contributed by atoms with Crippen molar-refractivity contribution in [3.63, 3.8) is 0 Å². The van der Waals surface area contributed by atoms with Crippen molar-refractivity contribution in [3.8, 4) is 0 Å². The Morgan fingerprint density at radius 3 is 2.04 bits per heavy atom. The second-order valence-corrected chi connectivity index (χ2v) is 8.73. The van der Waals surface area contributed by atoms with Crippen molar-refractivity contribution < 1.29 is 0 Å². The largest absolute Gasteiger partial charge is 0.784 e. The topological polar surface area (TPSA) is 54.4 Å². The van der Waals surface area contributed by atoms with Crippen LogP contribution in [0.4, 0.5) is 0 Å². The molecule has 140 valence electrons. The summed E-state index contributed by atoms with van der Waals surface area (Å²) in [4.78, 5) is 8.37. The van der Waals surface area contributed by atoms with Crippen molar-refractivity contribution in [1.29, 1.82) is 0 Å². The zero-order chi connectivity index (χ0) is 19.6. The zero-order valence-corrected chi connectivity index (χ0v) is 17.5. The zero-order valence-electron chi connectivity index (χ0n) is 17.5. The summed E-state index contributed by atoms with van der Waals surface area (Å²) < 4.78 is 0. The number of aromatic nitrogens is 1. The predicted molar refractivity (Wildman–Crippen MR) is 110 cm³/mol. The highest BCUT2D eigenvalue weighted by Gasteiger charge is 2.46. The number of hydroxylamine groups is 2. The minimum absolute atomic E-state index is 0.546. The molecule has 4 heteroatoms. The van der Waals surface area contributed by atoms with Gasteiger partial charge in [-0.15, -0.1) is 0 Å². The van der Waals surface area contributed by atoms with Crippen LogP contribution in [-0.2, 0) is 0 Å². The van der Waals surface area contributed by atoms with E-state index >= 15 is 0 Å². The number of nitrogens with zero attached hydrogens (tertiary/aromatic N) is 2. The Morgan fingerprint density at radius 2 is 1.65 bits per heavy atom. The SMILES string of the molecule is CC1=CC(C)=N/C1=C(\C1=C(C)C(C)(C)N([O-])C1(C)C)c1[nH]c(C)cc1C. The molecule has 1 N–H and O–H groups in total. The summed E-state index contributed by atoms with van der Waals surface area (Å²) in [6, 6.07) is 2.15. The lowest BCUT2D eigenvalue weighted by Crippen LogP contribution is -2.46. The molecule has 3 heterocycles. The first-order valence-corrected chi connectivity index (χ1v) is 9.23. The number of nitrogens with one attached hydrogen (secondary N) is 1. The Balaban J connectivity index is 2.42. The van der Waals surface area contributed by atoms with Gasteiger partial charge in [0.15, 0.2) is 0 Å². The van der Waals surface area contributed by atoms with Crippen LogP contribution in [0.3, 0.4) is 0 Å². The highest BCUT2D eigenvalue weighted by molar-refractivity contribution is 6.01. The van der Waals surface area contributed by atoms with Gasteiger partial charge in [-0.3, -0.25) is 4.99 Å². The predicted octanol–water partition coefficient (Wildman–Crippen LogP) is 5.45. The van der Waals surface area contributed by atoms with E-state index in [0.717, 1.165) is 45.1 Å². The third-order valence-corrected chi connectivity index (χ3v) is 5.89. The molecule has 0 fully saturated rings. The van der Waals surface area contributed by atoms with Crippen LogP contribution in [0.1, 0.15) is 65.4 Å². The second-order valence-electron chi connectivity index (χ2n) is 8.73. The van der Waals surface area contributed by atoms with Gasteiger partial charge in [-0.05, 0) is 96.7 Å². The number of aliphatic imine (C=N–C) groups is 1. The van der Waals surface area contributed by atoms with E-state index in [1.54, 1.807) is 0 Å². The molecule has 1 aromatic heterocycles. The van der Waals surface area contributed by atoms with Crippen LogP contribution in [-0.4, -0.2) is 26.8 Å². The van der Waals surface area contributed by atoms with Gasteiger partial charge in [-0.1, -0.05) is 0 Å². The quantitative estimate of drug-likeness (QED) is 0.769. The lowest BCUT2D eigenvalue weighted by molar-refractivity contribution is 0.156. The molecule has 0 bridgehead atoms. The van der Waals surface area contributed by atoms with Crippen LogP contribution in [0.5, 0.6) is 0 Å². The maximum atomic E-state index is 13.1. The van der Waals surface area contributed by atoms with Gasteiger partial charge in [-0.2, -0.15) is 0 Å². The van der Waals surface area contributed by atoms with Crippen LogP contribution in [0.2, 0.25) is 0 Å². The van der Waals surface area contributed by atoms with Gasteiger partial charge in [0.1, 0.15) is 0 Å². The fourth-order valence-electron chi connectivity index (χ4n) is 4.49. The maximum absolute atomic E-state index is 13.1. The van der Waals surface area contributed by atoms with E-state index in [1.165, 1.54) is 10.6 Å². The van der Waals surface area contributed by atoms with Crippen molar-refractivity contribution in [2.45, 2.75) is 73.4 Å². The minimum atomic E-state index is -0.631. The molecule has 1 aromatic rings. The van der Waals surface area contributed by atoms with Crippen molar-refractivity contribution in [2.75, 3.05) is 0 Å². The Morgan fingerprint density at radius 1 is 1.04 bits per heavy atom. The number of rotatable bonds is 2. The van der Waals surface area contributed by atoms with Gasteiger partial charge in [-0.25, -0.2) is 0 Å². The van der Waals surface area contributed by atoms with E-state index in [0.29, 0.717) is 0 Å². The van der Waals surface area contributed by atoms with Gasteiger partial charge in [0.05, 0.1) is 11.4 Å². The fraction of sp³-hybridized carbons (Fsp3) is 0.500. The average molecular weight is 353 g/mol. The van der Waals surface area contributed by atoms with Crippen LogP contribution in [0.15, 0.2) is 39.6 Å². The standard InChI is InChI=1S/C22H30N3O/c1-12-10-14(3)23-19(12)17(20-13(2)11-15(4)24-20)18-16(5)21(6,7)25(26)22(18,8)9/h10-11,23H,1-9H3/q-1/b20-17+. The summed E-state index contributed by atoms with van der Waals surface area (Å²) in [7, 11) is 0. The molecule has 0 aliphatic carbocycles. The van der Waals surface area contributed by atoms with Crippen LogP contribution >= 0.6 is 0 Å². The highest BCUT2D eigenvalue weighted by atomic mass is 16.5. The molecule has 26 heavy (non-hydrogen) atoms. The van der Waals surface area contributed by atoms with Gasteiger partial charge >= 0.3 is 0 Å². The molecule has 2 aliphatic rings. The van der Waals surface area contributed by atoms with E-state index in [9.17, 15) is 5.21 Å². The molecular formula is C22H30N3O-. The number of aromatic amines is 1. The summed E-state index contributed by atoms with van der Waals surface area (Å²) >= 11 is 0. The maximum Gasteiger partial charge on any atom is 0.0759 e. The van der Waals surface area contributed by atoms with E-state index in [-0.39, 0.29) is 0 Å². The number of aryl methyl sites for hydroxylation is 2. The van der Waals surface area contributed by atoms with Crippen LogP contribution in [0.25, 0.3) is 5.57 Å². The molecule has 0 radical (unpaired) electrons. The van der Waals surface area contributed by atoms with Gasteiger partial charge in [0.2, 0.25) is 0 Å². The molecule has 2 aliphatic heterocycles. The van der Waals surface area contributed by atoms with E-state index in [4.69, 9.17) is 4.99 Å². The second kappa shape index (κ2) is 5.80. The minimum Gasteiger partial charge on any atom is -0.784 e. The fourth-order valence-corrected chi connectivity index (χ4v) is 4.49. The van der Waals surface area contributed by atoms with Crippen LogP contribution < -0.4 is 0 Å². The van der Waals surface area contributed by atoms with Crippen molar-refractivity contribution in [3.05, 3.63) is 56.7 Å². The third kappa shape index (κ3) is 2.55. The van der Waals surface area contributed by atoms with E-state index in [2.05, 4.69) is 44.8 Å². The number of hydrogen-bond donors (Lipinski definition) is 1. The molecule has 0 aromatic carbocycles. The normalized spacial score (nSPS) is 24.2. The highest BCUT2D eigenvalue weighted by Crippen LogP contribution is 2.51. The molecule has 0 atom stereocenters. The third-order valence-electron chi connectivity index (χ3n) is 5.89.